The first-order valence-corrected chi connectivity index (χ1v) is 5.14. The van der Waals surface area contributed by atoms with E-state index >= 15 is 0 Å². The molecule has 94 valence electrons. The van der Waals surface area contributed by atoms with Gasteiger partial charge in [0.2, 0.25) is 5.91 Å². The van der Waals surface area contributed by atoms with Crippen molar-refractivity contribution < 1.29 is 14.3 Å². The molecular formula is C10H19ClN2O3. The lowest BCUT2D eigenvalue weighted by Gasteiger charge is -2.21. The van der Waals surface area contributed by atoms with Gasteiger partial charge in [0.05, 0.1) is 18.9 Å². The Morgan fingerprint density at radius 2 is 2.19 bits per heavy atom. The number of hydrogen-bond acceptors (Lipinski definition) is 4. The van der Waals surface area contributed by atoms with E-state index in [0.29, 0.717) is 13.1 Å². The third kappa shape index (κ3) is 3.98. The Kier molecular flexibility index (Phi) is 6.36. The molecule has 6 heteroatoms. The van der Waals surface area contributed by atoms with Crippen molar-refractivity contribution in [1.29, 1.82) is 0 Å². The van der Waals surface area contributed by atoms with Crippen molar-refractivity contribution >= 4 is 24.3 Å². The second-order valence-electron chi connectivity index (χ2n) is 4.07. The molecule has 5 nitrogen and oxygen atoms in total. The van der Waals surface area contributed by atoms with Crippen LogP contribution in [-0.2, 0) is 14.3 Å². The fourth-order valence-corrected chi connectivity index (χ4v) is 1.60. The highest BCUT2D eigenvalue weighted by Crippen LogP contribution is 2.24. The van der Waals surface area contributed by atoms with Gasteiger partial charge >= 0.3 is 5.97 Å². The van der Waals surface area contributed by atoms with Crippen molar-refractivity contribution in [3.63, 3.8) is 0 Å². The Morgan fingerprint density at radius 1 is 1.50 bits per heavy atom. The lowest BCUT2D eigenvalue weighted by atomic mass is 9.89. The molecule has 0 aromatic rings. The molecule has 2 N–H and O–H groups in total. The van der Waals surface area contributed by atoms with Crippen molar-refractivity contribution in [2.24, 2.45) is 5.41 Å². The molecule has 0 saturated carbocycles. The van der Waals surface area contributed by atoms with Crippen LogP contribution in [0.15, 0.2) is 0 Å². The van der Waals surface area contributed by atoms with Crippen molar-refractivity contribution in [3.8, 4) is 0 Å². The maximum Gasteiger partial charge on any atom is 0.307 e. The van der Waals surface area contributed by atoms with E-state index < -0.39 is 0 Å². The summed E-state index contributed by atoms with van der Waals surface area (Å²) in [5.41, 5.74) is -0.323. The van der Waals surface area contributed by atoms with Gasteiger partial charge in [0.1, 0.15) is 0 Å². The molecule has 1 heterocycles. The molecular weight excluding hydrogens is 232 g/mol. The van der Waals surface area contributed by atoms with Crippen LogP contribution in [0.4, 0.5) is 0 Å². The Labute approximate surface area is 102 Å². The van der Waals surface area contributed by atoms with Gasteiger partial charge in [-0.2, -0.15) is 0 Å². The van der Waals surface area contributed by atoms with Gasteiger partial charge in [0.15, 0.2) is 0 Å². The molecule has 0 spiro atoms. The molecule has 0 aliphatic carbocycles. The summed E-state index contributed by atoms with van der Waals surface area (Å²) in [5, 5.41) is 5.90. The van der Waals surface area contributed by atoms with Crippen LogP contribution in [0.3, 0.4) is 0 Å². The van der Waals surface area contributed by atoms with Crippen LogP contribution in [-0.4, -0.2) is 38.6 Å². The third-order valence-electron chi connectivity index (χ3n) is 2.76. The van der Waals surface area contributed by atoms with E-state index in [4.69, 9.17) is 0 Å². The van der Waals surface area contributed by atoms with Gasteiger partial charge in [0, 0.05) is 13.1 Å². The van der Waals surface area contributed by atoms with Crippen molar-refractivity contribution in [2.75, 3.05) is 26.7 Å². The van der Waals surface area contributed by atoms with E-state index in [2.05, 4.69) is 15.4 Å². The molecule has 0 aromatic carbocycles. The van der Waals surface area contributed by atoms with Crippen LogP contribution < -0.4 is 10.6 Å². The number of carbonyl (C=O) groups excluding carboxylic acids is 2. The fraction of sp³-hybridized carbons (Fsp3) is 0.800. The summed E-state index contributed by atoms with van der Waals surface area (Å²) in [6.45, 7) is 3.86. The van der Waals surface area contributed by atoms with E-state index in [1.807, 2.05) is 6.92 Å². The molecule has 1 atom stereocenters. The summed E-state index contributed by atoms with van der Waals surface area (Å²) in [6.07, 6.45) is 1.07. The monoisotopic (exact) mass is 250 g/mol. The first-order valence-electron chi connectivity index (χ1n) is 5.14. The summed E-state index contributed by atoms with van der Waals surface area (Å²) >= 11 is 0. The van der Waals surface area contributed by atoms with Crippen LogP contribution in [0.25, 0.3) is 0 Å². The maximum atomic E-state index is 11.7. The van der Waals surface area contributed by atoms with Crippen molar-refractivity contribution in [1.82, 2.24) is 10.6 Å². The van der Waals surface area contributed by atoms with Gasteiger partial charge in [-0.1, -0.05) is 0 Å². The smallest absolute Gasteiger partial charge is 0.307 e. The molecule has 1 fully saturated rings. The highest BCUT2D eigenvalue weighted by atomic mass is 35.5. The summed E-state index contributed by atoms with van der Waals surface area (Å²) in [5.74, 6) is -0.290. The molecule has 1 rings (SSSR count). The average Bonchev–Trinajstić information content (AvgIpc) is 2.66. The second kappa shape index (κ2) is 6.70. The number of esters is 1. The lowest BCUT2D eigenvalue weighted by Crippen LogP contribution is -2.41. The number of nitrogens with one attached hydrogen (secondary N) is 2. The van der Waals surface area contributed by atoms with Crippen LogP contribution in [0.2, 0.25) is 0 Å². The number of amides is 1. The van der Waals surface area contributed by atoms with E-state index in [9.17, 15) is 9.59 Å². The fourth-order valence-electron chi connectivity index (χ4n) is 1.60. The average molecular weight is 251 g/mol. The third-order valence-corrected chi connectivity index (χ3v) is 2.76. The number of methoxy groups -OCH3 is 1. The van der Waals surface area contributed by atoms with Gasteiger partial charge in [0.25, 0.3) is 0 Å². The Hall–Kier alpha value is -0.810. The van der Waals surface area contributed by atoms with Crippen LogP contribution in [0.5, 0.6) is 0 Å². The van der Waals surface area contributed by atoms with Gasteiger partial charge in [-0.25, -0.2) is 0 Å². The van der Waals surface area contributed by atoms with E-state index in [1.165, 1.54) is 7.11 Å². The minimum atomic E-state index is -0.323. The zero-order valence-electron chi connectivity index (χ0n) is 9.67. The minimum absolute atomic E-state index is 0. The zero-order chi connectivity index (χ0) is 11.3. The first kappa shape index (κ1) is 15.2. The molecule has 1 amide bonds. The maximum absolute atomic E-state index is 11.7. The predicted molar refractivity (Wildman–Crippen MR) is 62.5 cm³/mol. The normalized spacial score (nSPS) is 23.4. The summed E-state index contributed by atoms with van der Waals surface area (Å²) < 4.78 is 4.48. The number of carbonyl (C=O) groups is 2. The van der Waals surface area contributed by atoms with E-state index in [0.717, 1.165) is 13.0 Å². The summed E-state index contributed by atoms with van der Waals surface area (Å²) in [7, 11) is 1.34. The molecule has 1 unspecified atom stereocenters. The molecule has 1 aliphatic rings. The van der Waals surface area contributed by atoms with Gasteiger partial charge in [-0.15, -0.1) is 12.4 Å². The molecule has 1 aliphatic heterocycles. The quantitative estimate of drug-likeness (QED) is 0.694. The Morgan fingerprint density at radius 3 is 2.69 bits per heavy atom. The SMILES string of the molecule is COC(=O)CCNC(=O)C1(C)CCNC1.Cl. The molecule has 0 radical (unpaired) electrons. The Bertz CT molecular complexity index is 252. The second-order valence-corrected chi connectivity index (χ2v) is 4.07. The van der Waals surface area contributed by atoms with Crippen LogP contribution in [0, 0.1) is 5.41 Å². The summed E-state index contributed by atoms with van der Waals surface area (Å²) in [6, 6.07) is 0. The van der Waals surface area contributed by atoms with E-state index in [1.54, 1.807) is 0 Å². The molecule has 16 heavy (non-hydrogen) atoms. The van der Waals surface area contributed by atoms with Gasteiger partial charge in [-0.3, -0.25) is 9.59 Å². The molecule has 0 aromatic heterocycles. The van der Waals surface area contributed by atoms with Gasteiger partial charge < -0.3 is 15.4 Å². The standard InChI is InChI=1S/C10H18N2O3.ClH/c1-10(4-6-11-7-10)9(14)12-5-3-8(13)15-2;/h11H,3-7H2,1-2H3,(H,12,14);1H. The largest absolute Gasteiger partial charge is 0.469 e. The number of ether oxygens (including phenoxy) is 1. The van der Waals surface area contributed by atoms with Gasteiger partial charge in [-0.05, 0) is 19.9 Å². The molecule has 0 bridgehead atoms. The minimum Gasteiger partial charge on any atom is -0.469 e. The highest BCUT2D eigenvalue weighted by Gasteiger charge is 2.35. The predicted octanol–water partition coefficient (Wildman–Crippen LogP) is 0.0871. The number of halogens is 1. The lowest BCUT2D eigenvalue weighted by molar-refractivity contribution is -0.140. The molecule has 1 saturated heterocycles. The first-order chi connectivity index (χ1) is 7.08. The highest BCUT2D eigenvalue weighted by molar-refractivity contribution is 5.85. The van der Waals surface area contributed by atoms with Crippen LogP contribution in [0.1, 0.15) is 19.8 Å². The van der Waals surface area contributed by atoms with E-state index in [-0.39, 0.29) is 36.1 Å². The summed E-state index contributed by atoms with van der Waals surface area (Å²) in [4.78, 5) is 22.5. The number of rotatable bonds is 4. The number of hydrogen-bond donors (Lipinski definition) is 2. The zero-order valence-corrected chi connectivity index (χ0v) is 10.5. The van der Waals surface area contributed by atoms with Crippen molar-refractivity contribution in [2.45, 2.75) is 19.8 Å². The van der Waals surface area contributed by atoms with Crippen LogP contribution >= 0.6 is 12.4 Å². The van der Waals surface area contributed by atoms with Crippen molar-refractivity contribution in [3.05, 3.63) is 0 Å². The topological polar surface area (TPSA) is 67.4 Å². The Balaban J connectivity index is 0.00000225.